The van der Waals surface area contributed by atoms with Crippen LogP contribution in [0.25, 0.3) is 0 Å². The molecular formula is C14H18ClN3. The van der Waals surface area contributed by atoms with E-state index >= 15 is 0 Å². The lowest BCUT2D eigenvalue weighted by Gasteiger charge is -2.16. The highest BCUT2D eigenvalue weighted by atomic mass is 35.5. The quantitative estimate of drug-likeness (QED) is 0.919. The monoisotopic (exact) mass is 263 g/mol. The molecular weight excluding hydrogens is 246 g/mol. The lowest BCUT2D eigenvalue weighted by Crippen LogP contribution is -2.19. The molecule has 0 aliphatic carbocycles. The minimum Gasteiger partial charge on any atom is -0.313 e. The molecule has 1 aromatic heterocycles. The summed E-state index contributed by atoms with van der Waals surface area (Å²) in [7, 11) is 3.94. The van der Waals surface area contributed by atoms with Crippen LogP contribution in [0.15, 0.2) is 30.5 Å². The summed E-state index contributed by atoms with van der Waals surface area (Å²) in [6, 6.07) is 8.26. The van der Waals surface area contributed by atoms with Crippen molar-refractivity contribution in [3.63, 3.8) is 0 Å². The van der Waals surface area contributed by atoms with E-state index in [1.165, 1.54) is 16.8 Å². The van der Waals surface area contributed by atoms with Gasteiger partial charge in [-0.2, -0.15) is 5.10 Å². The van der Waals surface area contributed by atoms with Crippen molar-refractivity contribution >= 4 is 11.6 Å². The molecule has 0 aliphatic heterocycles. The third-order valence-corrected chi connectivity index (χ3v) is 3.56. The van der Waals surface area contributed by atoms with Crippen molar-refractivity contribution in [2.24, 2.45) is 7.05 Å². The molecule has 1 unspecified atom stereocenters. The van der Waals surface area contributed by atoms with Crippen molar-refractivity contribution in [2.75, 3.05) is 7.05 Å². The van der Waals surface area contributed by atoms with E-state index in [1.807, 2.05) is 43.2 Å². The topological polar surface area (TPSA) is 29.9 Å². The molecule has 0 amide bonds. The Kier molecular flexibility index (Phi) is 4.04. The van der Waals surface area contributed by atoms with Gasteiger partial charge in [-0.15, -0.1) is 0 Å². The first kappa shape index (κ1) is 13.1. The van der Waals surface area contributed by atoms with Gasteiger partial charge >= 0.3 is 0 Å². The van der Waals surface area contributed by atoms with E-state index in [2.05, 4.69) is 23.4 Å². The zero-order valence-electron chi connectivity index (χ0n) is 10.9. The zero-order chi connectivity index (χ0) is 13.1. The zero-order valence-corrected chi connectivity index (χ0v) is 11.7. The number of hydrogen-bond donors (Lipinski definition) is 1. The molecule has 4 heteroatoms. The Balaban J connectivity index is 2.22. The van der Waals surface area contributed by atoms with E-state index in [1.54, 1.807) is 0 Å². The van der Waals surface area contributed by atoms with Crippen LogP contribution in [0.4, 0.5) is 0 Å². The Morgan fingerprint density at radius 3 is 2.78 bits per heavy atom. The van der Waals surface area contributed by atoms with Gasteiger partial charge in [-0.3, -0.25) is 4.68 Å². The minimum atomic E-state index is 0.261. The van der Waals surface area contributed by atoms with Crippen LogP contribution in [0.5, 0.6) is 0 Å². The second-order valence-corrected chi connectivity index (χ2v) is 4.92. The average molecular weight is 264 g/mol. The third kappa shape index (κ3) is 2.74. The van der Waals surface area contributed by atoms with Crippen molar-refractivity contribution in [3.8, 4) is 0 Å². The second kappa shape index (κ2) is 5.55. The average Bonchev–Trinajstić information content (AvgIpc) is 2.67. The van der Waals surface area contributed by atoms with Gasteiger partial charge in [0.25, 0.3) is 0 Å². The summed E-state index contributed by atoms with van der Waals surface area (Å²) < 4.78 is 1.90. The predicted molar refractivity (Wildman–Crippen MR) is 74.9 cm³/mol. The van der Waals surface area contributed by atoms with Crippen LogP contribution < -0.4 is 5.32 Å². The maximum absolute atomic E-state index is 6.02. The van der Waals surface area contributed by atoms with E-state index in [9.17, 15) is 0 Å². The van der Waals surface area contributed by atoms with E-state index in [0.717, 1.165) is 11.4 Å². The van der Waals surface area contributed by atoms with Crippen LogP contribution in [-0.4, -0.2) is 16.8 Å². The van der Waals surface area contributed by atoms with Crippen molar-refractivity contribution in [1.82, 2.24) is 15.1 Å². The summed E-state index contributed by atoms with van der Waals surface area (Å²) in [6.07, 6.45) is 2.84. The summed E-state index contributed by atoms with van der Waals surface area (Å²) >= 11 is 6.02. The molecule has 0 aliphatic rings. The molecule has 0 bridgehead atoms. The van der Waals surface area contributed by atoms with Gasteiger partial charge in [0.1, 0.15) is 0 Å². The highest BCUT2D eigenvalue weighted by Crippen LogP contribution is 2.22. The SMILES string of the molecule is CNC(Cc1cccc(Cl)c1)c1cnn(C)c1C. The number of nitrogens with zero attached hydrogens (tertiary/aromatic N) is 2. The fourth-order valence-electron chi connectivity index (χ4n) is 2.12. The number of hydrogen-bond acceptors (Lipinski definition) is 2. The number of likely N-dealkylation sites (N-methyl/N-ethyl adjacent to an activating group) is 1. The maximum atomic E-state index is 6.02. The van der Waals surface area contributed by atoms with Gasteiger partial charge < -0.3 is 5.32 Å². The maximum Gasteiger partial charge on any atom is 0.0540 e. The number of aryl methyl sites for hydroxylation is 1. The third-order valence-electron chi connectivity index (χ3n) is 3.33. The summed E-state index contributed by atoms with van der Waals surface area (Å²) in [5, 5.41) is 8.42. The first-order valence-electron chi connectivity index (χ1n) is 6.02. The van der Waals surface area contributed by atoms with E-state index in [4.69, 9.17) is 11.6 Å². The molecule has 0 radical (unpaired) electrons. The first-order valence-corrected chi connectivity index (χ1v) is 6.40. The van der Waals surface area contributed by atoms with Crippen LogP contribution >= 0.6 is 11.6 Å². The van der Waals surface area contributed by atoms with Crippen molar-refractivity contribution in [3.05, 3.63) is 52.3 Å². The summed E-state index contributed by atoms with van der Waals surface area (Å²) in [5.74, 6) is 0. The van der Waals surface area contributed by atoms with Gasteiger partial charge in [-0.05, 0) is 38.1 Å². The highest BCUT2D eigenvalue weighted by molar-refractivity contribution is 6.30. The van der Waals surface area contributed by atoms with Crippen molar-refractivity contribution in [1.29, 1.82) is 0 Å². The molecule has 2 aromatic rings. The fraction of sp³-hybridized carbons (Fsp3) is 0.357. The Labute approximate surface area is 113 Å². The second-order valence-electron chi connectivity index (χ2n) is 4.48. The highest BCUT2D eigenvalue weighted by Gasteiger charge is 2.15. The van der Waals surface area contributed by atoms with Gasteiger partial charge in [-0.1, -0.05) is 23.7 Å². The molecule has 96 valence electrons. The Morgan fingerprint density at radius 1 is 1.44 bits per heavy atom. The summed E-state index contributed by atoms with van der Waals surface area (Å²) in [5.41, 5.74) is 3.65. The smallest absolute Gasteiger partial charge is 0.0540 e. The molecule has 3 nitrogen and oxygen atoms in total. The Morgan fingerprint density at radius 2 is 2.22 bits per heavy atom. The number of benzene rings is 1. The lowest BCUT2D eigenvalue weighted by atomic mass is 10.00. The molecule has 1 aromatic carbocycles. The predicted octanol–water partition coefficient (Wildman–Crippen LogP) is 2.89. The Hall–Kier alpha value is -1.32. The normalized spacial score (nSPS) is 12.7. The van der Waals surface area contributed by atoms with Gasteiger partial charge in [0.15, 0.2) is 0 Å². The van der Waals surface area contributed by atoms with Crippen molar-refractivity contribution < 1.29 is 0 Å². The van der Waals surface area contributed by atoms with Crippen LogP contribution in [0, 0.1) is 6.92 Å². The molecule has 0 spiro atoms. The number of aromatic nitrogens is 2. The van der Waals surface area contributed by atoms with E-state index < -0.39 is 0 Å². The standard InChI is InChI=1S/C14H18ClN3/c1-10-13(9-17-18(10)3)14(16-2)8-11-5-4-6-12(15)7-11/h4-7,9,14,16H,8H2,1-3H3. The van der Waals surface area contributed by atoms with Crippen LogP contribution in [-0.2, 0) is 13.5 Å². The fourth-order valence-corrected chi connectivity index (χ4v) is 2.34. The summed E-state index contributed by atoms with van der Waals surface area (Å²) in [6.45, 7) is 2.09. The molecule has 2 rings (SSSR count). The number of halogens is 1. The number of nitrogens with one attached hydrogen (secondary N) is 1. The van der Waals surface area contributed by atoms with Gasteiger partial charge in [0.05, 0.1) is 6.20 Å². The molecule has 1 heterocycles. The van der Waals surface area contributed by atoms with Gasteiger partial charge in [0.2, 0.25) is 0 Å². The minimum absolute atomic E-state index is 0.261. The molecule has 1 atom stereocenters. The van der Waals surface area contributed by atoms with Crippen LogP contribution in [0.3, 0.4) is 0 Å². The largest absolute Gasteiger partial charge is 0.313 e. The van der Waals surface area contributed by atoms with Crippen molar-refractivity contribution in [2.45, 2.75) is 19.4 Å². The molecule has 0 saturated carbocycles. The van der Waals surface area contributed by atoms with E-state index in [-0.39, 0.29) is 6.04 Å². The van der Waals surface area contributed by atoms with Gasteiger partial charge in [0, 0.05) is 29.4 Å². The number of rotatable bonds is 4. The Bertz CT molecular complexity index is 534. The van der Waals surface area contributed by atoms with Gasteiger partial charge in [-0.25, -0.2) is 0 Å². The van der Waals surface area contributed by atoms with Crippen LogP contribution in [0.2, 0.25) is 5.02 Å². The first-order chi connectivity index (χ1) is 8.61. The molecule has 18 heavy (non-hydrogen) atoms. The summed E-state index contributed by atoms with van der Waals surface area (Å²) in [4.78, 5) is 0. The van der Waals surface area contributed by atoms with Crippen LogP contribution in [0.1, 0.15) is 22.9 Å². The molecule has 1 N–H and O–H groups in total. The molecule has 0 saturated heterocycles. The lowest BCUT2D eigenvalue weighted by molar-refractivity contribution is 0.586. The molecule has 0 fully saturated rings. The van der Waals surface area contributed by atoms with E-state index in [0.29, 0.717) is 0 Å².